The van der Waals surface area contributed by atoms with Gasteiger partial charge in [-0.3, -0.25) is 9.69 Å². The standard InChI is InChI=1S/C17H20FN5O/c1-13(16(24)21-15-5-3-14(18)4-6-15)22-9-11-23(12-10-22)17-19-7-2-8-20-17/h2-8,13H,9-12H2,1H3,(H,21,24)/t13-/m0/s1. The minimum atomic E-state index is -0.319. The largest absolute Gasteiger partial charge is 0.338 e. The van der Waals surface area contributed by atoms with Crippen LogP contribution in [0, 0.1) is 5.82 Å². The summed E-state index contributed by atoms with van der Waals surface area (Å²) in [6, 6.07) is 7.32. The van der Waals surface area contributed by atoms with Crippen molar-refractivity contribution in [3.8, 4) is 0 Å². The van der Waals surface area contributed by atoms with E-state index in [2.05, 4.69) is 25.1 Å². The topological polar surface area (TPSA) is 61.4 Å². The van der Waals surface area contributed by atoms with Gasteiger partial charge >= 0.3 is 0 Å². The summed E-state index contributed by atoms with van der Waals surface area (Å²) in [5.41, 5.74) is 0.601. The van der Waals surface area contributed by atoms with Crippen LogP contribution in [-0.4, -0.2) is 53.0 Å². The molecule has 1 saturated heterocycles. The van der Waals surface area contributed by atoms with E-state index in [1.807, 2.05) is 6.92 Å². The first-order chi connectivity index (χ1) is 11.6. The van der Waals surface area contributed by atoms with Crippen molar-refractivity contribution >= 4 is 17.5 Å². The van der Waals surface area contributed by atoms with Crippen LogP contribution >= 0.6 is 0 Å². The van der Waals surface area contributed by atoms with E-state index in [4.69, 9.17) is 0 Å². The molecule has 0 spiro atoms. The summed E-state index contributed by atoms with van der Waals surface area (Å²) in [4.78, 5) is 25.1. The molecule has 0 unspecified atom stereocenters. The van der Waals surface area contributed by atoms with E-state index in [0.29, 0.717) is 5.69 Å². The second kappa shape index (κ2) is 7.35. The van der Waals surface area contributed by atoms with Crippen LogP contribution in [0.3, 0.4) is 0 Å². The number of benzene rings is 1. The lowest BCUT2D eigenvalue weighted by Crippen LogP contribution is -2.53. The maximum Gasteiger partial charge on any atom is 0.241 e. The van der Waals surface area contributed by atoms with Gasteiger partial charge in [-0.25, -0.2) is 14.4 Å². The molecule has 3 rings (SSSR count). The Balaban J connectivity index is 1.53. The number of piperazine rings is 1. The molecule has 1 aliphatic heterocycles. The van der Waals surface area contributed by atoms with Crippen LogP contribution in [-0.2, 0) is 4.79 Å². The van der Waals surface area contributed by atoms with Crippen LogP contribution in [0.1, 0.15) is 6.92 Å². The first-order valence-corrected chi connectivity index (χ1v) is 7.96. The molecule has 1 atom stereocenters. The predicted molar refractivity (Wildman–Crippen MR) is 90.3 cm³/mol. The summed E-state index contributed by atoms with van der Waals surface area (Å²) in [5, 5.41) is 2.82. The normalized spacial score (nSPS) is 16.7. The molecule has 1 aromatic carbocycles. The van der Waals surface area contributed by atoms with Crippen molar-refractivity contribution in [1.29, 1.82) is 0 Å². The Kier molecular flexibility index (Phi) is 5.00. The number of amides is 1. The van der Waals surface area contributed by atoms with Crippen molar-refractivity contribution in [3.05, 3.63) is 48.5 Å². The Hall–Kier alpha value is -2.54. The maximum atomic E-state index is 12.9. The van der Waals surface area contributed by atoms with Crippen LogP contribution < -0.4 is 10.2 Å². The molecule has 6 nitrogen and oxygen atoms in total. The molecular formula is C17H20FN5O. The summed E-state index contributed by atoms with van der Waals surface area (Å²) < 4.78 is 12.9. The second-order valence-corrected chi connectivity index (χ2v) is 5.74. The molecule has 2 heterocycles. The molecule has 0 radical (unpaired) electrons. The zero-order valence-corrected chi connectivity index (χ0v) is 13.5. The van der Waals surface area contributed by atoms with Crippen LogP contribution in [0.2, 0.25) is 0 Å². The summed E-state index contributed by atoms with van der Waals surface area (Å²) in [6.07, 6.45) is 3.46. The molecule has 1 aromatic heterocycles. The number of nitrogens with one attached hydrogen (secondary N) is 1. The van der Waals surface area contributed by atoms with Gasteiger partial charge in [-0.1, -0.05) is 0 Å². The van der Waals surface area contributed by atoms with Crippen LogP contribution in [0.15, 0.2) is 42.7 Å². The number of halogens is 1. The van der Waals surface area contributed by atoms with E-state index in [9.17, 15) is 9.18 Å². The third-order valence-electron chi connectivity index (χ3n) is 4.19. The molecule has 2 aromatic rings. The molecule has 1 amide bonds. The average Bonchev–Trinajstić information content (AvgIpc) is 2.64. The monoisotopic (exact) mass is 329 g/mol. The lowest BCUT2D eigenvalue weighted by molar-refractivity contribution is -0.120. The maximum absolute atomic E-state index is 12.9. The number of aromatic nitrogens is 2. The minimum Gasteiger partial charge on any atom is -0.338 e. The first-order valence-electron chi connectivity index (χ1n) is 7.96. The van der Waals surface area contributed by atoms with Gasteiger partial charge in [-0.2, -0.15) is 0 Å². The van der Waals surface area contributed by atoms with Crippen molar-refractivity contribution in [3.63, 3.8) is 0 Å². The minimum absolute atomic E-state index is 0.0916. The molecule has 126 valence electrons. The first kappa shape index (κ1) is 16.3. The van der Waals surface area contributed by atoms with Crippen LogP contribution in [0.5, 0.6) is 0 Å². The van der Waals surface area contributed by atoms with Gasteiger partial charge in [0.25, 0.3) is 0 Å². The van der Waals surface area contributed by atoms with Gasteiger partial charge in [0.1, 0.15) is 5.82 Å². The van der Waals surface area contributed by atoms with E-state index in [1.165, 1.54) is 12.1 Å². The highest BCUT2D eigenvalue weighted by Gasteiger charge is 2.26. The highest BCUT2D eigenvalue weighted by Crippen LogP contribution is 2.14. The number of rotatable bonds is 4. The van der Waals surface area contributed by atoms with Crippen molar-refractivity contribution in [2.45, 2.75) is 13.0 Å². The van der Waals surface area contributed by atoms with Gasteiger partial charge in [0.2, 0.25) is 11.9 Å². The SMILES string of the molecule is C[C@@H](C(=O)Nc1ccc(F)cc1)N1CCN(c2ncccn2)CC1. The third-order valence-corrected chi connectivity index (χ3v) is 4.19. The number of hydrogen-bond donors (Lipinski definition) is 1. The zero-order chi connectivity index (χ0) is 16.9. The second-order valence-electron chi connectivity index (χ2n) is 5.74. The summed E-state index contributed by atoms with van der Waals surface area (Å²) in [7, 11) is 0. The Morgan fingerprint density at radius 3 is 2.38 bits per heavy atom. The highest BCUT2D eigenvalue weighted by molar-refractivity contribution is 5.94. The fourth-order valence-electron chi connectivity index (χ4n) is 2.71. The van der Waals surface area contributed by atoms with Crippen LogP contribution in [0.25, 0.3) is 0 Å². The fraction of sp³-hybridized carbons (Fsp3) is 0.353. The van der Waals surface area contributed by atoms with E-state index in [0.717, 1.165) is 32.1 Å². The molecule has 24 heavy (non-hydrogen) atoms. The van der Waals surface area contributed by atoms with Gasteiger partial charge in [0, 0.05) is 44.3 Å². The Labute approximate surface area is 140 Å². The van der Waals surface area contributed by atoms with Gasteiger partial charge in [0.15, 0.2) is 0 Å². The van der Waals surface area contributed by atoms with E-state index in [1.54, 1.807) is 30.6 Å². The number of carbonyl (C=O) groups is 1. The molecule has 0 bridgehead atoms. The Morgan fingerprint density at radius 2 is 1.75 bits per heavy atom. The molecule has 0 saturated carbocycles. The highest BCUT2D eigenvalue weighted by atomic mass is 19.1. The summed E-state index contributed by atoms with van der Waals surface area (Å²) in [6.45, 7) is 4.95. The van der Waals surface area contributed by atoms with E-state index in [-0.39, 0.29) is 17.8 Å². The van der Waals surface area contributed by atoms with Crippen molar-refractivity contribution in [1.82, 2.24) is 14.9 Å². The molecule has 0 aliphatic carbocycles. The summed E-state index contributed by atoms with van der Waals surface area (Å²) >= 11 is 0. The van der Waals surface area contributed by atoms with Crippen molar-refractivity contribution in [2.24, 2.45) is 0 Å². The van der Waals surface area contributed by atoms with Crippen LogP contribution in [0.4, 0.5) is 16.0 Å². The number of nitrogens with zero attached hydrogens (tertiary/aromatic N) is 4. The smallest absolute Gasteiger partial charge is 0.241 e. The third kappa shape index (κ3) is 3.86. The molecule has 1 aliphatic rings. The number of carbonyl (C=O) groups excluding carboxylic acids is 1. The van der Waals surface area contributed by atoms with E-state index < -0.39 is 0 Å². The van der Waals surface area contributed by atoms with Gasteiger partial charge < -0.3 is 10.2 Å². The molecule has 1 fully saturated rings. The lowest BCUT2D eigenvalue weighted by Gasteiger charge is -2.37. The quantitative estimate of drug-likeness (QED) is 0.926. The average molecular weight is 329 g/mol. The molecule has 1 N–H and O–H groups in total. The predicted octanol–water partition coefficient (Wildman–Crippen LogP) is 1.76. The summed E-state index contributed by atoms with van der Waals surface area (Å²) in [5.74, 6) is 0.312. The molecular weight excluding hydrogens is 309 g/mol. The van der Waals surface area contributed by atoms with Gasteiger partial charge in [-0.05, 0) is 37.3 Å². The van der Waals surface area contributed by atoms with E-state index >= 15 is 0 Å². The number of hydrogen-bond acceptors (Lipinski definition) is 5. The zero-order valence-electron chi connectivity index (χ0n) is 13.5. The lowest BCUT2D eigenvalue weighted by atomic mass is 10.2. The van der Waals surface area contributed by atoms with Gasteiger partial charge in [0.05, 0.1) is 6.04 Å². The van der Waals surface area contributed by atoms with Crippen molar-refractivity contribution < 1.29 is 9.18 Å². The Morgan fingerprint density at radius 1 is 1.12 bits per heavy atom. The van der Waals surface area contributed by atoms with Crippen molar-refractivity contribution in [2.75, 3.05) is 36.4 Å². The fourth-order valence-corrected chi connectivity index (χ4v) is 2.71. The Bertz CT molecular complexity index is 671. The number of anilines is 2. The van der Waals surface area contributed by atoms with Gasteiger partial charge in [-0.15, -0.1) is 0 Å². The molecule has 7 heteroatoms.